The average Bonchev–Trinajstić information content (AvgIpc) is 2.32. The van der Waals surface area contributed by atoms with Crippen LogP contribution in [0.1, 0.15) is 13.3 Å². The van der Waals surface area contributed by atoms with Crippen molar-refractivity contribution < 1.29 is 4.74 Å². The molecule has 4 heteroatoms. The van der Waals surface area contributed by atoms with Gasteiger partial charge in [-0.1, -0.05) is 6.92 Å². The molecule has 2 atom stereocenters. The topological polar surface area (TPSA) is 51.4 Å². The first kappa shape index (κ1) is 11.2. The van der Waals surface area contributed by atoms with E-state index in [1.54, 1.807) is 13.3 Å². The molecule has 1 aromatic heterocycles. The summed E-state index contributed by atoms with van der Waals surface area (Å²) in [5.74, 6) is 2.27. The van der Waals surface area contributed by atoms with Gasteiger partial charge < -0.3 is 15.4 Å². The molecule has 0 amide bonds. The van der Waals surface area contributed by atoms with E-state index in [9.17, 15) is 0 Å². The fourth-order valence-corrected chi connectivity index (χ4v) is 2.14. The van der Waals surface area contributed by atoms with Gasteiger partial charge in [0.05, 0.1) is 7.11 Å². The second-order valence-corrected chi connectivity index (χ2v) is 4.41. The van der Waals surface area contributed by atoms with Crippen LogP contribution in [0.25, 0.3) is 0 Å². The molecule has 2 N–H and O–H groups in total. The summed E-state index contributed by atoms with van der Waals surface area (Å²) >= 11 is 0. The van der Waals surface area contributed by atoms with E-state index >= 15 is 0 Å². The normalized spacial score (nSPS) is 25.6. The average molecular weight is 221 g/mol. The third kappa shape index (κ3) is 2.11. The summed E-state index contributed by atoms with van der Waals surface area (Å²) in [7, 11) is 1.68. The second-order valence-electron chi connectivity index (χ2n) is 4.41. The zero-order valence-corrected chi connectivity index (χ0v) is 9.89. The van der Waals surface area contributed by atoms with Crippen LogP contribution in [0, 0.1) is 5.92 Å². The summed E-state index contributed by atoms with van der Waals surface area (Å²) in [5, 5.41) is 0. The molecule has 0 saturated carbocycles. The summed E-state index contributed by atoms with van der Waals surface area (Å²) < 4.78 is 5.33. The van der Waals surface area contributed by atoms with Crippen molar-refractivity contribution in [1.29, 1.82) is 0 Å². The lowest BCUT2D eigenvalue weighted by Gasteiger charge is -2.36. The molecule has 2 unspecified atom stereocenters. The maximum atomic E-state index is 6.01. The number of methoxy groups -OCH3 is 1. The van der Waals surface area contributed by atoms with Crippen molar-refractivity contribution in [3.8, 4) is 5.75 Å². The van der Waals surface area contributed by atoms with Crippen molar-refractivity contribution in [2.24, 2.45) is 11.7 Å². The van der Waals surface area contributed by atoms with E-state index in [4.69, 9.17) is 10.5 Å². The van der Waals surface area contributed by atoms with E-state index in [1.807, 2.05) is 12.1 Å². The highest BCUT2D eigenvalue weighted by Gasteiger charge is 2.25. The minimum atomic E-state index is 0.311. The summed E-state index contributed by atoms with van der Waals surface area (Å²) in [6.45, 7) is 4.10. The Labute approximate surface area is 96.4 Å². The predicted octanol–water partition coefficient (Wildman–Crippen LogP) is 1.26. The third-order valence-electron chi connectivity index (χ3n) is 3.24. The fourth-order valence-electron chi connectivity index (χ4n) is 2.14. The number of rotatable bonds is 2. The van der Waals surface area contributed by atoms with E-state index < -0.39 is 0 Å². The van der Waals surface area contributed by atoms with E-state index in [0.29, 0.717) is 12.0 Å². The number of ether oxygens (including phenoxy) is 1. The zero-order valence-electron chi connectivity index (χ0n) is 9.89. The first-order valence-electron chi connectivity index (χ1n) is 5.72. The molecule has 0 radical (unpaired) electrons. The molecule has 88 valence electrons. The molecule has 4 nitrogen and oxygen atoms in total. The van der Waals surface area contributed by atoms with E-state index in [2.05, 4.69) is 16.8 Å². The molecule has 1 aromatic rings. The molecule has 2 rings (SSSR count). The van der Waals surface area contributed by atoms with Crippen LogP contribution < -0.4 is 15.4 Å². The van der Waals surface area contributed by atoms with E-state index in [-0.39, 0.29) is 0 Å². The number of hydrogen-bond acceptors (Lipinski definition) is 4. The number of aromatic nitrogens is 1. The molecule has 1 saturated heterocycles. The SMILES string of the molecule is COc1cccnc1N1CCC(N)C(C)C1. The Morgan fingerprint density at radius 1 is 1.56 bits per heavy atom. The number of anilines is 1. The van der Waals surface area contributed by atoms with Gasteiger partial charge in [0.1, 0.15) is 0 Å². The zero-order chi connectivity index (χ0) is 11.5. The van der Waals surface area contributed by atoms with Gasteiger partial charge in [0.25, 0.3) is 0 Å². The lowest BCUT2D eigenvalue weighted by atomic mass is 9.95. The van der Waals surface area contributed by atoms with Crippen molar-refractivity contribution in [1.82, 2.24) is 4.98 Å². The molecule has 0 aromatic carbocycles. The van der Waals surface area contributed by atoms with Crippen LogP contribution in [-0.2, 0) is 0 Å². The summed E-state index contributed by atoms with van der Waals surface area (Å²) in [5.41, 5.74) is 6.01. The van der Waals surface area contributed by atoms with E-state index in [1.165, 1.54) is 0 Å². The first-order chi connectivity index (χ1) is 7.72. The van der Waals surface area contributed by atoms with E-state index in [0.717, 1.165) is 31.1 Å². The van der Waals surface area contributed by atoms with Gasteiger partial charge in [-0.25, -0.2) is 4.98 Å². The molecular weight excluding hydrogens is 202 g/mol. The molecule has 1 aliphatic heterocycles. The molecule has 16 heavy (non-hydrogen) atoms. The maximum absolute atomic E-state index is 6.01. The van der Waals surface area contributed by atoms with Crippen molar-refractivity contribution in [2.45, 2.75) is 19.4 Å². The number of nitrogens with zero attached hydrogens (tertiary/aromatic N) is 2. The highest BCUT2D eigenvalue weighted by molar-refractivity contribution is 5.52. The van der Waals surface area contributed by atoms with Crippen LogP contribution in [0.4, 0.5) is 5.82 Å². The van der Waals surface area contributed by atoms with Crippen LogP contribution in [0.3, 0.4) is 0 Å². The Morgan fingerprint density at radius 3 is 3.06 bits per heavy atom. The van der Waals surface area contributed by atoms with Gasteiger partial charge in [0.15, 0.2) is 11.6 Å². The summed E-state index contributed by atoms with van der Waals surface area (Å²) in [6.07, 6.45) is 2.82. The molecule has 2 heterocycles. The smallest absolute Gasteiger partial charge is 0.171 e. The summed E-state index contributed by atoms with van der Waals surface area (Å²) in [4.78, 5) is 6.65. The lowest BCUT2D eigenvalue weighted by Crippen LogP contribution is -2.46. The highest BCUT2D eigenvalue weighted by Crippen LogP contribution is 2.28. The van der Waals surface area contributed by atoms with Gasteiger partial charge in [-0.2, -0.15) is 0 Å². The number of nitrogens with two attached hydrogens (primary N) is 1. The fraction of sp³-hybridized carbons (Fsp3) is 0.583. The van der Waals surface area contributed by atoms with Gasteiger partial charge in [0.2, 0.25) is 0 Å². The van der Waals surface area contributed by atoms with Crippen molar-refractivity contribution in [2.75, 3.05) is 25.1 Å². The summed E-state index contributed by atoms with van der Waals surface area (Å²) in [6, 6.07) is 4.15. The Kier molecular flexibility index (Phi) is 3.29. The quantitative estimate of drug-likeness (QED) is 0.817. The lowest BCUT2D eigenvalue weighted by molar-refractivity contribution is 0.372. The maximum Gasteiger partial charge on any atom is 0.171 e. The number of piperidine rings is 1. The Hall–Kier alpha value is -1.29. The van der Waals surface area contributed by atoms with Gasteiger partial charge in [-0.05, 0) is 24.5 Å². The van der Waals surface area contributed by atoms with Gasteiger partial charge >= 0.3 is 0 Å². The van der Waals surface area contributed by atoms with Crippen molar-refractivity contribution in [3.05, 3.63) is 18.3 Å². The number of pyridine rings is 1. The molecule has 0 bridgehead atoms. The molecule has 0 spiro atoms. The Balaban J connectivity index is 2.18. The largest absolute Gasteiger partial charge is 0.493 e. The minimum absolute atomic E-state index is 0.311. The molecule has 1 aliphatic rings. The van der Waals surface area contributed by atoms with Crippen LogP contribution in [0.5, 0.6) is 5.75 Å². The number of hydrogen-bond donors (Lipinski definition) is 1. The minimum Gasteiger partial charge on any atom is -0.493 e. The molecule has 0 aliphatic carbocycles. The standard InChI is InChI=1S/C12H19N3O/c1-9-8-15(7-5-10(9)13)12-11(16-2)4-3-6-14-12/h3-4,6,9-10H,5,7-8,13H2,1-2H3. The second kappa shape index (κ2) is 4.70. The van der Waals surface area contributed by atoms with Crippen LogP contribution in [0.2, 0.25) is 0 Å². The Bertz CT molecular complexity index is 356. The highest BCUT2D eigenvalue weighted by atomic mass is 16.5. The van der Waals surface area contributed by atoms with Crippen LogP contribution >= 0.6 is 0 Å². The van der Waals surface area contributed by atoms with Gasteiger partial charge in [-0.3, -0.25) is 0 Å². The predicted molar refractivity (Wildman–Crippen MR) is 64.8 cm³/mol. The monoisotopic (exact) mass is 221 g/mol. The Morgan fingerprint density at radius 2 is 2.38 bits per heavy atom. The van der Waals surface area contributed by atoms with Crippen molar-refractivity contribution in [3.63, 3.8) is 0 Å². The first-order valence-corrected chi connectivity index (χ1v) is 5.72. The van der Waals surface area contributed by atoms with Crippen molar-refractivity contribution >= 4 is 5.82 Å². The third-order valence-corrected chi connectivity index (χ3v) is 3.24. The van der Waals surface area contributed by atoms with Gasteiger partial charge in [-0.15, -0.1) is 0 Å². The molecule has 1 fully saturated rings. The van der Waals surface area contributed by atoms with Gasteiger partial charge in [0, 0.05) is 25.3 Å². The van der Waals surface area contributed by atoms with Crippen LogP contribution in [0.15, 0.2) is 18.3 Å². The molecular formula is C12H19N3O. The van der Waals surface area contributed by atoms with Crippen LogP contribution in [-0.4, -0.2) is 31.2 Å².